The van der Waals surface area contributed by atoms with Gasteiger partial charge < -0.3 is 4.74 Å². The van der Waals surface area contributed by atoms with Gasteiger partial charge >= 0.3 is 5.97 Å². The monoisotopic (exact) mass is 311 g/mol. The van der Waals surface area contributed by atoms with Gasteiger partial charge in [-0.05, 0) is 5.56 Å². The Labute approximate surface area is 104 Å². The van der Waals surface area contributed by atoms with Gasteiger partial charge in [0.15, 0.2) is 0 Å². The van der Waals surface area contributed by atoms with Crippen LogP contribution in [0, 0.1) is 5.95 Å². The number of rotatable bonds is 4. The van der Waals surface area contributed by atoms with E-state index in [-0.39, 0.29) is 10.9 Å². The van der Waals surface area contributed by atoms with Crippen molar-refractivity contribution in [1.29, 1.82) is 0 Å². The maximum Gasteiger partial charge on any atom is 0.310 e. The highest BCUT2D eigenvalue weighted by molar-refractivity contribution is 9.08. The Balaban J connectivity index is 3.28. The van der Waals surface area contributed by atoms with E-state index in [1.807, 2.05) is 0 Å². The third-order valence-electron chi connectivity index (χ3n) is 2.16. The number of nitrogens with zero attached hydrogens (tertiary/aromatic N) is 1. The van der Waals surface area contributed by atoms with Gasteiger partial charge in [-0.15, -0.1) is 0 Å². The molecule has 0 saturated heterocycles. The average Bonchev–Trinajstić information content (AvgIpc) is 2.30. The van der Waals surface area contributed by atoms with Crippen molar-refractivity contribution in [1.82, 2.24) is 4.98 Å². The number of ether oxygens (including phenoxy) is 1. The van der Waals surface area contributed by atoms with Crippen LogP contribution >= 0.6 is 15.9 Å². The fourth-order valence-electron chi connectivity index (χ4n) is 1.35. The van der Waals surface area contributed by atoms with Crippen molar-refractivity contribution in [2.24, 2.45) is 0 Å². The Hall–Kier alpha value is -1.11. The molecule has 17 heavy (non-hydrogen) atoms. The summed E-state index contributed by atoms with van der Waals surface area (Å²) < 4.78 is 43.4. The molecule has 94 valence electrons. The lowest BCUT2D eigenvalue weighted by Gasteiger charge is -2.12. The Morgan fingerprint density at radius 3 is 2.71 bits per heavy atom. The predicted octanol–water partition coefficient (Wildman–Crippen LogP) is 2.77. The molecule has 0 aliphatic carbocycles. The predicted molar refractivity (Wildman–Crippen MR) is 57.5 cm³/mol. The molecule has 1 rings (SSSR count). The van der Waals surface area contributed by atoms with Gasteiger partial charge in [0.05, 0.1) is 13.5 Å². The fourth-order valence-corrected chi connectivity index (χ4v) is 1.80. The second-order valence-corrected chi connectivity index (χ2v) is 3.71. The molecule has 0 aromatic carbocycles. The van der Waals surface area contributed by atoms with Crippen LogP contribution in [0.25, 0.3) is 0 Å². The molecule has 0 fully saturated rings. The standard InChI is InChI=1S/C10H9BrF3NO2/c1-17-7(16)2-6-8(9(12)13)5(3-11)4-15-10(6)14/h4,9H,2-3H2,1H3. The number of pyridine rings is 1. The first-order chi connectivity index (χ1) is 8.01. The number of esters is 1. The van der Waals surface area contributed by atoms with Crippen LogP contribution in [0.1, 0.15) is 23.1 Å². The van der Waals surface area contributed by atoms with Crippen molar-refractivity contribution in [3.63, 3.8) is 0 Å². The van der Waals surface area contributed by atoms with Crippen molar-refractivity contribution in [2.45, 2.75) is 18.2 Å². The van der Waals surface area contributed by atoms with Crippen LogP contribution in [0.3, 0.4) is 0 Å². The van der Waals surface area contributed by atoms with Crippen molar-refractivity contribution >= 4 is 21.9 Å². The maximum absolute atomic E-state index is 13.4. The molecular weight excluding hydrogens is 303 g/mol. The molecule has 0 amide bonds. The van der Waals surface area contributed by atoms with E-state index < -0.39 is 35.9 Å². The fraction of sp³-hybridized carbons (Fsp3) is 0.400. The maximum atomic E-state index is 13.4. The largest absolute Gasteiger partial charge is 0.469 e. The van der Waals surface area contributed by atoms with E-state index in [4.69, 9.17) is 0 Å². The van der Waals surface area contributed by atoms with Gasteiger partial charge in [0.25, 0.3) is 6.43 Å². The molecule has 0 aliphatic rings. The van der Waals surface area contributed by atoms with Crippen molar-refractivity contribution < 1.29 is 22.7 Å². The number of carbonyl (C=O) groups excluding carboxylic acids is 1. The number of alkyl halides is 3. The lowest BCUT2D eigenvalue weighted by molar-refractivity contribution is -0.139. The smallest absolute Gasteiger partial charge is 0.310 e. The molecule has 1 aromatic rings. The van der Waals surface area contributed by atoms with E-state index in [1.165, 1.54) is 0 Å². The van der Waals surface area contributed by atoms with Gasteiger partial charge in [-0.1, -0.05) is 15.9 Å². The Morgan fingerprint density at radius 2 is 2.24 bits per heavy atom. The first kappa shape index (κ1) is 14.0. The highest BCUT2D eigenvalue weighted by atomic mass is 79.9. The van der Waals surface area contributed by atoms with Gasteiger partial charge in [0, 0.05) is 22.7 Å². The summed E-state index contributed by atoms with van der Waals surface area (Å²) in [6, 6.07) is 0. The van der Waals surface area contributed by atoms with E-state index in [0.29, 0.717) is 0 Å². The summed E-state index contributed by atoms with van der Waals surface area (Å²) in [5.74, 6) is -1.87. The highest BCUT2D eigenvalue weighted by Gasteiger charge is 2.23. The molecule has 0 unspecified atom stereocenters. The van der Waals surface area contributed by atoms with Crippen LogP contribution in [0.5, 0.6) is 0 Å². The molecule has 0 N–H and O–H groups in total. The minimum absolute atomic E-state index is 0.105. The van der Waals surface area contributed by atoms with Crippen LogP contribution in [-0.4, -0.2) is 18.1 Å². The molecule has 1 aromatic heterocycles. The number of hydrogen-bond donors (Lipinski definition) is 0. The summed E-state index contributed by atoms with van der Waals surface area (Å²) in [7, 11) is 1.10. The minimum atomic E-state index is -2.88. The summed E-state index contributed by atoms with van der Waals surface area (Å²) in [5, 5.41) is 0.105. The number of halogens is 4. The van der Waals surface area contributed by atoms with E-state index in [0.717, 1.165) is 13.3 Å². The van der Waals surface area contributed by atoms with Crippen LogP contribution in [-0.2, 0) is 21.3 Å². The summed E-state index contributed by atoms with van der Waals surface area (Å²) in [6.07, 6.45) is -2.41. The van der Waals surface area contributed by atoms with Gasteiger partial charge in [0.1, 0.15) is 0 Å². The van der Waals surface area contributed by atoms with Crippen molar-refractivity contribution in [2.75, 3.05) is 7.11 Å². The molecule has 7 heteroatoms. The zero-order chi connectivity index (χ0) is 13.0. The molecule has 0 spiro atoms. The first-order valence-electron chi connectivity index (χ1n) is 4.58. The van der Waals surface area contributed by atoms with Gasteiger partial charge in [-0.25, -0.2) is 13.8 Å². The summed E-state index contributed by atoms with van der Waals surface area (Å²) in [6.45, 7) is 0. The van der Waals surface area contributed by atoms with Crippen molar-refractivity contribution in [3.8, 4) is 0 Å². The van der Waals surface area contributed by atoms with Gasteiger partial charge in [-0.2, -0.15) is 4.39 Å². The van der Waals surface area contributed by atoms with E-state index >= 15 is 0 Å². The first-order valence-corrected chi connectivity index (χ1v) is 5.70. The molecule has 0 atom stereocenters. The van der Waals surface area contributed by atoms with E-state index in [9.17, 15) is 18.0 Å². The van der Waals surface area contributed by atoms with Gasteiger partial charge in [-0.3, -0.25) is 4.79 Å². The molecular formula is C10H9BrF3NO2. The molecule has 3 nitrogen and oxygen atoms in total. The van der Waals surface area contributed by atoms with E-state index in [1.54, 1.807) is 0 Å². The number of carbonyl (C=O) groups is 1. The summed E-state index contributed by atoms with van der Waals surface area (Å²) in [4.78, 5) is 14.4. The highest BCUT2D eigenvalue weighted by Crippen LogP contribution is 2.29. The van der Waals surface area contributed by atoms with Gasteiger partial charge in [0.2, 0.25) is 5.95 Å². The second-order valence-electron chi connectivity index (χ2n) is 3.15. The van der Waals surface area contributed by atoms with Crippen LogP contribution < -0.4 is 0 Å². The minimum Gasteiger partial charge on any atom is -0.469 e. The third-order valence-corrected chi connectivity index (χ3v) is 2.77. The quantitative estimate of drug-likeness (QED) is 0.487. The van der Waals surface area contributed by atoms with Crippen LogP contribution in [0.2, 0.25) is 0 Å². The van der Waals surface area contributed by atoms with Crippen LogP contribution in [0.15, 0.2) is 6.20 Å². The zero-order valence-electron chi connectivity index (χ0n) is 8.84. The molecule has 1 heterocycles. The van der Waals surface area contributed by atoms with Crippen molar-refractivity contribution in [3.05, 3.63) is 28.8 Å². The lowest BCUT2D eigenvalue weighted by atomic mass is 10.0. The summed E-state index contributed by atoms with van der Waals surface area (Å²) >= 11 is 3.01. The number of hydrogen-bond acceptors (Lipinski definition) is 3. The lowest BCUT2D eigenvalue weighted by Crippen LogP contribution is -2.12. The molecule has 0 radical (unpaired) electrons. The molecule has 0 bridgehead atoms. The average molecular weight is 312 g/mol. The topological polar surface area (TPSA) is 39.2 Å². The number of aromatic nitrogens is 1. The normalized spacial score (nSPS) is 10.7. The molecule has 0 aliphatic heterocycles. The Kier molecular flexibility index (Phi) is 4.92. The number of methoxy groups -OCH3 is 1. The van der Waals surface area contributed by atoms with E-state index in [2.05, 4.69) is 25.7 Å². The summed E-state index contributed by atoms with van der Waals surface area (Å²) in [5.41, 5.74) is -0.760. The SMILES string of the molecule is COC(=O)Cc1c(F)ncc(CBr)c1C(F)F. The Bertz CT molecular complexity index is 426. The molecule has 0 saturated carbocycles. The second kappa shape index (κ2) is 6.00. The zero-order valence-corrected chi connectivity index (χ0v) is 10.4. The Morgan fingerprint density at radius 1 is 1.59 bits per heavy atom. The third kappa shape index (κ3) is 3.18. The van der Waals surface area contributed by atoms with Crippen LogP contribution in [0.4, 0.5) is 13.2 Å².